The number of nitrogens with zero attached hydrogens (tertiary/aromatic N) is 1. The van der Waals surface area contributed by atoms with Gasteiger partial charge in [0.1, 0.15) is 5.82 Å². The molecule has 0 bridgehead atoms. The van der Waals surface area contributed by atoms with Crippen molar-refractivity contribution in [1.29, 1.82) is 0 Å². The van der Waals surface area contributed by atoms with E-state index in [0.29, 0.717) is 10.6 Å². The fourth-order valence-electron chi connectivity index (χ4n) is 1.78. The molecule has 1 aromatic carbocycles. The summed E-state index contributed by atoms with van der Waals surface area (Å²) < 4.78 is 13.6. The van der Waals surface area contributed by atoms with E-state index in [9.17, 15) is 9.18 Å². The average molecular weight is 257 g/mol. The topological polar surface area (TPSA) is 46.3 Å². The zero-order valence-corrected chi connectivity index (χ0v) is 10.1. The van der Waals surface area contributed by atoms with Crippen LogP contribution in [0.4, 0.5) is 4.39 Å². The van der Waals surface area contributed by atoms with Gasteiger partial charge >= 0.3 is 0 Å². The van der Waals surface area contributed by atoms with Crippen LogP contribution in [0, 0.1) is 5.82 Å². The van der Waals surface area contributed by atoms with E-state index in [1.807, 2.05) is 0 Å². The van der Waals surface area contributed by atoms with E-state index in [0.717, 1.165) is 12.8 Å². The fraction of sp³-hybridized carbons (Fsp3) is 0.417. The van der Waals surface area contributed by atoms with Crippen molar-refractivity contribution < 1.29 is 9.18 Å². The second-order valence-electron chi connectivity index (χ2n) is 4.16. The van der Waals surface area contributed by atoms with Gasteiger partial charge in [-0.25, -0.2) is 4.39 Å². The van der Waals surface area contributed by atoms with E-state index in [4.69, 9.17) is 17.3 Å². The number of hydrogen-bond acceptors (Lipinski definition) is 2. The lowest BCUT2D eigenvalue weighted by atomic mass is 10.2. The third-order valence-corrected chi connectivity index (χ3v) is 3.23. The Labute approximate surface area is 104 Å². The Morgan fingerprint density at radius 2 is 2.24 bits per heavy atom. The van der Waals surface area contributed by atoms with Crippen molar-refractivity contribution in [2.24, 2.45) is 5.73 Å². The maximum absolute atomic E-state index is 13.6. The van der Waals surface area contributed by atoms with E-state index in [2.05, 4.69) is 0 Å². The van der Waals surface area contributed by atoms with Crippen molar-refractivity contribution in [3.05, 3.63) is 34.6 Å². The van der Waals surface area contributed by atoms with Gasteiger partial charge in [0.25, 0.3) is 0 Å². The first-order chi connectivity index (χ1) is 8.13. The van der Waals surface area contributed by atoms with Gasteiger partial charge in [0.15, 0.2) is 0 Å². The number of nitrogens with two attached hydrogens (primary N) is 1. The molecule has 92 valence electrons. The Morgan fingerprint density at radius 3 is 2.76 bits per heavy atom. The van der Waals surface area contributed by atoms with Gasteiger partial charge in [-0.1, -0.05) is 17.7 Å². The Bertz CT molecular complexity index is 414. The molecule has 1 aliphatic rings. The average Bonchev–Trinajstić information content (AvgIpc) is 3.12. The highest BCUT2D eigenvalue weighted by atomic mass is 35.5. The van der Waals surface area contributed by atoms with Gasteiger partial charge in [-0.15, -0.1) is 0 Å². The molecule has 0 atom stereocenters. The summed E-state index contributed by atoms with van der Waals surface area (Å²) in [6, 6.07) is 4.71. The van der Waals surface area contributed by atoms with Gasteiger partial charge in [0, 0.05) is 16.6 Å². The molecule has 1 amide bonds. The molecule has 0 aromatic heterocycles. The molecule has 17 heavy (non-hydrogen) atoms. The van der Waals surface area contributed by atoms with Crippen LogP contribution in [0.25, 0.3) is 0 Å². The first kappa shape index (κ1) is 12.3. The minimum absolute atomic E-state index is 0.0530. The van der Waals surface area contributed by atoms with Crippen LogP contribution in [0.3, 0.4) is 0 Å². The Hall–Kier alpha value is -1.13. The fourth-order valence-corrected chi connectivity index (χ4v) is 2.00. The summed E-state index contributed by atoms with van der Waals surface area (Å²) in [5.74, 6) is -0.542. The van der Waals surface area contributed by atoms with E-state index in [1.54, 1.807) is 17.0 Å². The quantitative estimate of drug-likeness (QED) is 0.895. The number of benzene rings is 1. The number of rotatable bonds is 4. The minimum atomic E-state index is -0.382. The van der Waals surface area contributed by atoms with Crippen molar-refractivity contribution in [3.63, 3.8) is 0 Å². The maximum atomic E-state index is 13.6. The first-order valence-electron chi connectivity index (χ1n) is 5.56. The molecule has 1 aromatic rings. The van der Waals surface area contributed by atoms with Gasteiger partial charge < -0.3 is 10.6 Å². The van der Waals surface area contributed by atoms with Crippen molar-refractivity contribution in [1.82, 2.24) is 4.90 Å². The lowest BCUT2D eigenvalue weighted by molar-refractivity contribution is -0.130. The minimum Gasteiger partial charge on any atom is -0.334 e. The largest absolute Gasteiger partial charge is 0.334 e. The number of carbonyl (C=O) groups is 1. The van der Waals surface area contributed by atoms with E-state index in [1.165, 1.54) is 6.07 Å². The molecule has 1 aliphatic carbocycles. The monoisotopic (exact) mass is 256 g/mol. The van der Waals surface area contributed by atoms with Crippen LogP contribution in [0.1, 0.15) is 18.4 Å². The normalized spacial score (nSPS) is 14.8. The summed E-state index contributed by atoms with van der Waals surface area (Å²) in [6.07, 6.45) is 1.91. The Morgan fingerprint density at radius 1 is 1.53 bits per heavy atom. The van der Waals surface area contributed by atoms with Crippen LogP contribution in [0.5, 0.6) is 0 Å². The molecular formula is C12H14ClFN2O. The van der Waals surface area contributed by atoms with E-state index in [-0.39, 0.29) is 30.9 Å². The summed E-state index contributed by atoms with van der Waals surface area (Å²) in [5, 5.41) is 0.348. The zero-order valence-electron chi connectivity index (χ0n) is 9.33. The highest BCUT2D eigenvalue weighted by Crippen LogP contribution is 2.30. The van der Waals surface area contributed by atoms with Crippen LogP contribution in [0.15, 0.2) is 18.2 Å². The van der Waals surface area contributed by atoms with E-state index >= 15 is 0 Å². The van der Waals surface area contributed by atoms with E-state index < -0.39 is 0 Å². The molecule has 0 unspecified atom stereocenters. The van der Waals surface area contributed by atoms with Gasteiger partial charge in [0.05, 0.1) is 13.1 Å². The first-order valence-corrected chi connectivity index (χ1v) is 5.93. The number of carbonyl (C=O) groups excluding carboxylic acids is 1. The summed E-state index contributed by atoms with van der Waals surface area (Å²) >= 11 is 5.94. The Balaban J connectivity index is 2.20. The second-order valence-corrected chi connectivity index (χ2v) is 4.56. The number of amides is 1. The molecule has 3 nitrogen and oxygen atoms in total. The van der Waals surface area contributed by atoms with Crippen molar-refractivity contribution in [3.8, 4) is 0 Å². The predicted octanol–water partition coefficient (Wildman–Crippen LogP) is 1.93. The molecule has 0 radical (unpaired) electrons. The van der Waals surface area contributed by atoms with Crippen LogP contribution < -0.4 is 5.73 Å². The smallest absolute Gasteiger partial charge is 0.236 e. The highest BCUT2D eigenvalue weighted by Gasteiger charge is 2.32. The molecular weight excluding hydrogens is 243 g/mol. The molecule has 0 spiro atoms. The third kappa shape index (κ3) is 2.76. The second kappa shape index (κ2) is 5.02. The standard InChI is InChI=1S/C12H14ClFN2O/c13-10-2-1-3-11(14)9(10)7-16(8-4-5-8)12(17)6-15/h1-3,8H,4-7,15H2. The summed E-state index contributed by atoms with van der Waals surface area (Å²) in [5.41, 5.74) is 5.71. The lowest BCUT2D eigenvalue weighted by Crippen LogP contribution is -2.37. The van der Waals surface area contributed by atoms with Crippen LogP contribution in [-0.4, -0.2) is 23.4 Å². The van der Waals surface area contributed by atoms with Crippen molar-refractivity contribution >= 4 is 17.5 Å². The number of hydrogen-bond donors (Lipinski definition) is 1. The Kier molecular flexibility index (Phi) is 3.64. The molecule has 0 heterocycles. The third-order valence-electron chi connectivity index (χ3n) is 2.87. The SMILES string of the molecule is NCC(=O)N(Cc1c(F)cccc1Cl)C1CC1. The van der Waals surface area contributed by atoms with Gasteiger partial charge in [-0.05, 0) is 25.0 Å². The maximum Gasteiger partial charge on any atom is 0.236 e. The molecule has 0 saturated heterocycles. The molecule has 5 heteroatoms. The summed E-state index contributed by atoms with van der Waals surface area (Å²) in [7, 11) is 0. The van der Waals surface area contributed by atoms with Crippen LogP contribution in [0.2, 0.25) is 5.02 Å². The summed E-state index contributed by atoms with van der Waals surface area (Å²) in [4.78, 5) is 13.3. The highest BCUT2D eigenvalue weighted by molar-refractivity contribution is 6.31. The van der Waals surface area contributed by atoms with Crippen LogP contribution in [-0.2, 0) is 11.3 Å². The van der Waals surface area contributed by atoms with Gasteiger partial charge in [0.2, 0.25) is 5.91 Å². The van der Waals surface area contributed by atoms with Crippen molar-refractivity contribution in [2.75, 3.05) is 6.54 Å². The van der Waals surface area contributed by atoms with Crippen molar-refractivity contribution in [2.45, 2.75) is 25.4 Å². The number of halogens is 2. The van der Waals surface area contributed by atoms with Crippen LogP contribution >= 0.6 is 11.6 Å². The molecule has 1 saturated carbocycles. The molecule has 0 aliphatic heterocycles. The molecule has 2 N–H and O–H groups in total. The molecule has 1 fully saturated rings. The zero-order chi connectivity index (χ0) is 12.4. The van der Waals surface area contributed by atoms with Gasteiger partial charge in [-0.3, -0.25) is 4.79 Å². The van der Waals surface area contributed by atoms with Gasteiger partial charge in [-0.2, -0.15) is 0 Å². The summed E-state index contributed by atoms with van der Waals surface area (Å²) in [6.45, 7) is 0.148. The lowest BCUT2D eigenvalue weighted by Gasteiger charge is -2.22. The molecule has 2 rings (SSSR count). The predicted molar refractivity (Wildman–Crippen MR) is 64.0 cm³/mol.